The Balaban J connectivity index is 1.74. The van der Waals surface area contributed by atoms with Crippen molar-refractivity contribution >= 4 is 0 Å². The number of benzene rings is 2. The molecular formula is C26H26N4O2. The van der Waals surface area contributed by atoms with Crippen molar-refractivity contribution in [2.75, 3.05) is 0 Å². The monoisotopic (exact) mass is 426 g/mol. The first-order valence-corrected chi connectivity index (χ1v) is 10.5. The van der Waals surface area contributed by atoms with E-state index in [0.717, 1.165) is 39.2 Å². The summed E-state index contributed by atoms with van der Waals surface area (Å²) in [6.07, 6.45) is 3.32. The van der Waals surface area contributed by atoms with E-state index in [2.05, 4.69) is 21.0 Å². The largest absolute Gasteiger partial charge is 0.472 e. The molecule has 0 N–H and O–H groups in total. The van der Waals surface area contributed by atoms with E-state index in [1.807, 2.05) is 64.1 Å². The van der Waals surface area contributed by atoms with E-state index in [1.54, 1.807) is 17.7 Å². The van der Waals surface area contributed by atoms with Crippen molar-refractivity contribution in [3.05, 3.63) is 99.0 Å². The molecule has 0 saturated heterocycles. The zero-order chi connectivity index (χ0) is 22.8. The first kappa shape index (κ1) is 21.4. The van der Waals surface area contributed by atoms with Crippen LogP contribution in [0, 0.1) is 34.6 Å². The smallest absolute Gasteiger partial charge is 0.264 e. The van der Waals surface area contributed by atoms with Crippen LogP contribution in [0.3, 0.4) is 0 Å². The Labute approximate surface area is 187 Å². The summed E-state index contributed by atoms with van der Waals surface area (Å²) in [4.78, 5) is 26.5. The average Bonchev–Trinajstić information content (AvgIpc) is 2.77. The van der Waals surface area contributed by atoms with Crippen molar-refractivity contribution in [2.45, 2.75) is 41.2 Å². The minimum absolute atomic E-state index is 0.142. The van der Waals surface area contributed by atoms with Gasteiger partial charge in [-0.05, 0) is 57.4 Å². The second kappa shape index (κ2) is 8.75. The van der Waals surface area contributed by atoms with Crippen LogP contribution in [0.1, 0.15) is 33.6 Å². The van der Waals surface area contributed by atoms with Crippen LogP contribution < -0.4 is 10.3 Å². The topological polar surface area (TPSA) is 69.9 Å². The molecule has 2 aromatic heterocycles. The molecule has 4 rings (SSSR count). The number of aromatic nitrogens is 4. The molecule has 4 aromatic rings. The van der Waals surface area contributed by atoms with Crippen LogP contribution in [0.2, 0.25) is 0 Å². The lowest BCUT2D eigenvalue weighted by Crippen LogP contribution is -2.26. The molecule has 0 aliphatic carbocycles. The lowest BCUT2D eigenvalue weighted by molar-refractivity contribution is 0.289. The molecular weight excluding hydrogens is 400 g/mol. The number of nitrogens with zero attached hydrogens (tertiary/aromatic N) is 4. The van der Waals surface area contributed by atoms with Crippen molar-refractivity contribution in [1.29, 1.82) is 0 Å². The molecule has 2 aromatic carbocycles. The minimum Gasteiger partial charge on any atom is -0.472 e. The zero-order valence-corrected chi connectivity index (χ0v) is 19.0. The second-order valence-electron chi connectivity index (χ2n) is 8.06. The van der Waals surface area contributed by atoms with E-state index in [-0.39, 0.29) is 5.56 Å². The third-order valence-electron chi connectivity index (χ3n) is 5.51. The quantitative estimate of drug-likeness (QED) is 0.458. The predicted octanol–water partition coefficient (Wildman–Crippen LogP) is 4.81. The number of rotatable bonds is 5. The molecule has 32 heavy (non-hydrogen) atoms. The van der Waals surface area contributed by atoms with Crippen molar-refractivity contribution in [1.82, 2.24) is 19.5 Å². The summed E-state index contributed by atoms with van der Waals surface area (Å²) in [6.45, 7) is 9.93. The van der Waals surface area contributed by atoms with Crippen LogP contribution in [0.25, 0.3) is 16.9 Å². The van der Waals surface area contributed by atoms with E-state index in [9.17, 15) is 4.79 Å². The number of hydrogen-bond donors (Lipinski definition) is 0. The highest BCUT2D eigenvalue weighted by atomic mass is 16.5. The van der Waals surface area contributed by atoms with Crippen LogP contribution in [0.15, 0.2) is 59.8 Å². The van der Waals surface area contributed by atoms with Crippen molar-refractivity contribution in [3.8, 4) is 22.8 Å². The summed E-state index contributed by atoms with van der Waals surface area (Å²) in [6, 6.07) is 14.1. The fourth-order valence-electron chi connectivity index (χ4n) is 3.76. The first-order chi connectivity index (χ1) is 15.3. The van der Waals surface area contributed by atoms with E-state index >= 15 is 0 Å². The lowest BCUT2D eigenvalue weighted by atomic mass is 10.0. The molecule has 162 valence electrons. The third-order valence-corrected chi connectivity index (χ3v) is 5.51. The zero-order valence-electron chi connectivity index (χ0n) is 19.0. The Hall–Kier alpha value is -3.80. The van der Waals surface area contributed by atoms with Gasteiger partial charge >= 0.3 is 0 Å². The normalized spacial score (nSPS) is 10.9. The number of aryl methyl sites for hydroxylation is 4. The molecule has 0 aliphatic heterocycles. The lowest BCUT2D eigenvalue weighted by Gasteiger charge is -2.17. The molecule has 6 heteroatoms. The molecule has 0 spiro atoms. The predicted molar refractivity (Wildman–Crippen MR) is 125 cm³/mol. The van der Waals surface area contributed by atoms with Crippen molar-refractivity contribution < 1.29 is 4.74 Å². The maximum atomic E-state index is 13.4. The first-order valence-electron chi connectivity index (χ1n) is 10.5. The molecule has 0 aliphatic rings. The third kappa shape index (κ3) is 4.17. The molecule has 0 fully saturated rings. The van der Waals surface area contributed by atoms with E-state index in [4.69, 9.17) is 4.74 Å². The number of hydrogen-bond acceptors (Lipinski definition) is 5. The highest BCUT2D eigenvalue weighted by molar-refractivity contribution is 5.66. The van der Waals surface area contributed by atoms with Crippen LogP contribution in [-0.4, -0.2) is 19.5 Å². The van der Waals surface area contributed by atoms with Crippen molar-refractivity contribution in [3.63, 3.8) is 0 Å². The minimum atomic E-state index is -0.142. The Morgan fingerprint density at radius 3 is 2.53 bits per heavy atom. The van der Waals surface area contributed by atoms with Gasteiger partial charge in [0.05, 0.1) is 16.9 Å². The van der Waals surface area contributed by atoms with Gasteiger partial charge < -0.3 is 4.74 Å². The summed E-state index contributed by atoms with van der Waals surface area (Å²) in [5.74, 6) is 0.935. The van der Waals surface area contributed by atoms with Crippen LogP contribution in [0.5, 0.6) is 5.88 Å². The Bertz CT molecular complexity index is 1360. The molecule has 0 unspecified atom stereocenters. The van der Waals surface area contributed by atoms with Crippen LogP contribution in [-0.2, 0) is 6.61 Å². The molecule has 0 bridgehead atoms. The Morgan fingerprint density at radius 1 is 0.969 bits per heavy atom. The van der Waals surface area contributed by atoms with Gasteiger partial charge in [0.25, 0.3) is 5.56 Å². The molecule has 0 saturated carbocycles. The second-order valence-corrected chi connectivity index (χ2v) is 8.06. The van der Waals surface area contributed by atoms with Crippen LogP contribution >= 0.6 is 0 Å². The van der Waals surface area contributed by atoms with Gasteiger partial charge in [-0.2, -0.15) is 4.98 Å². The van der Waals surface area contributed by atoms with E-state index in [0.29, 0.717) is 23.9 Å². The maximum absolute atomic E-state index is 13.4. The van der Waals surface area contributed by atoms with Crippen molar-refractivity contribution in [2.24, 2.45) is 0 Å². The Morgan fingerprint density at radius 2 is 1.78 bits per heavy atom. The SMILES string of the molecule is Cc1cccc(COc2nc(C)n(-c3cc(-c4ncncc4C)ccc3C)c(=O)c2C)c1. The van der Waals surface area contributed by atoms with Gasteiger partial charge in [-0.1, -0.05) is 42.0 Å². The number of ether oxygens (including phenoxy) is 1. The molecule has 6 nitrogen and oxygen atoms in total. The summed E-state index contributed by atoms with van der Waals surface area (Å²) < 4.78 is 7.57. The summed E-state index contributed by atoms with van der Waals surface area (Å²) in [7, 11) is 0. The molecule has 0 amide bonds. The van der Waals surface area contributed by atoms with Gasteiger partial charge in [0, 0.05) is 11.8 Å². The van der Waals surface area contributed by atoms with Gasteiger partial charge in [0.2, 0.25) is 5.88 Å². The van der Waals surface area contributed by atoms with Gasteiger partial charge in [-0.25, -0.2) is 9.97 Å². The van der Waals surface area contributed by atoms with Gasteiger partial charge in [-0.3, -0.25) is 9.36 Å². The summed E-state index contributed by atoms with van der Waals surface area (Å²) in [5.41, 5.74) is 7.03. The van der Waals surface area contributed by atoms with Gasteiger partial charge in [-0.15, -0.1) is 0 Å². The highest BCUT2D eigenvalue weighted by Crippen LogP contribution is 2.26. The van der Waals surface area contributed by atoms with E-state index in [1.165, 1.54) is 6.33 Å². The van der Waals surface area contributed by atoms with Crippen LogP contribution in [0.4, 0.5) is 0 Å². The Kier molecular flexibility index (Phi) is 5.86. The fraction of sp³-hybridized carbons (Fsp3) is 0.231. The summed E-state index contributed by atoms with van der Waals surface area (Å²) >= 11 is 0. The standard InChI is InChI=1S/C26H26N4O2/c1-16-7-6-8-21(11-16)14-32-25-19(4)26(31)30(20(5)29-25)23-12-22(10-9-17(23)2)24-18(3)13-27-15-28-24/h6-13,15H,14H2,1-5H3. The highest BCUT2D eigenvalue weighted by Gasteiger charge is 2.16. The maximum Gasteiger partial charge on any atom is 0.264 e. The molecule has 0 atom stereocenters. The summed E-state index contributed by atoms with van der Waals surface area (Å²) in [5, 5.41) is 0. The fourth-order valence-corrected chi connectivity index (χ4v) is 3.76. The van der Waals surface area contributed by atoms with E-state index < -0.39 is 0 Å². The van der Waals surface area contributed by atoms with Gasteiger partial charge in [0.15, 0.2) is 0 Å². The average molecular weight is 427 g/mol. The molecule has 2 heterocycles. The molecule has 0 radical (unpaired) electrons. The van der Waals surface area contributed by atoms with Gasteiger partial charge in [0.1, 0.15) is 18.8 Å².